The summed E-state index contributed by atoms with van der Waals surface area (Å²) < 4.78 is 12.6. The summed E-state index contributed by atoms with van der Waals surface area (Å²) in [5.41, 5.74) is 4.81. The maximum Gasteiger partial charge on any atom is 0.102 e. The molecule has 4 rings (SSSR count). The van der Waals surface area contributed by atoms with Gasteiger partial charge in [-0.15, -0.1) is 0 Å². The maximum absolute atomic E-state index is 12.6. The van der Waals surface area contributed by atoms with Gasteiger partial charge in [-0.05, 0) is 29.3 Å². The fourth-order valence-corrected chi connectivity index (χ4v) is 4.10. The minimum Gasteiger partial charge on any atom is -0.373 e. The molecule has 158 valence electrons. The maximum atomic E-state index is 12.6. The average Bonchev–Trinajstić information content (AvgIpc) is 2.84. The third-order valence-corrected chi connectivity index (χ3v) is 5.83. The average molecular weight is 415 g/mol. The van der Waals surface area contributed by atoms with Crippen molar-refractivity contribution in [3.8, 4) is 6.07 Å². The molecular weight excluding hydrogens is 387 g/mol. The number of hydrogen-bond acceptors (Lipinski definition) is 4. The molecule has 0 saturated carbocycles. The molecule has 0 radical (unpaired) electrons. The molecule has 1 fully saturated rings. The Kier molecular flexibility index (Phi) is 6.81. The molecule has 3 aromatic carbocycles. The van der Waals surface area contributed by atoms with E-state index in [2.05, 4.69) is 51.5 Å². The van der Waals surface area contributed by atoms with Crippen LogP contribution >= 0.6 is 0 Å². The van der Waals surface area contributed by atoms with Crippen LogP contribution in [0, 0.1) is 11.3 Å². The molecule has 3 aromatic rings. The molecule has 0 aliphatic carbocycles. The smallest absolute Gasteiger partial charge is 0.102 e. The molecular formula is C26H27FN4. The van der Waals surface area contributed by atoms with Crippen LogP contribution in [-0.2, 0) is 0 Å². The van der Waals surface area contributed by atoms with Crippen molar-refractivity contribution in [2.24, 2.45) is 0 Å². The first-order valence-electron chi connectivity index (χ1n) is 10.7. The first kappa shape index (κ1) is 20.9. The van der Waals surface area contributed by atoms with Crippen molar-refractivity contribution in [2.45, 2.75) is 6.04 Å². The molecule has 1 aliphatic rings. The van der Waals surface area contributed by atoms with Crippen LogP contribution in [-0.4, -0.2) is 44.3 Å². The summed E-state index contributed by atoms with van der Waals surface area (Å²) >= 11 is 0. The molecule has 0 spiro atoms. The monoisotopic (exact) mass is 414 g/mol. The molecule has 31 heavy (non-hydrogen) atoms. The third-order valence-electron chi connectivity index (χ3n) is 5.83. The number of alkyl halides is 1. The Morgan fingerprint density at radius 1 is 0.871 bits per heavy atom. The highest BCUT2D eigenvalue weighted by Gasteiger charge is 2.20. The van der Waals surface area contributed by atoms with Crippen molar-refractivity contribution in [1.29, 1.82) is 5.26 Å². The highest BCUT2D eigenvalue weighted by molar-refractivity contribution is 5.67. The molecule has 0 amide bonds. The van der Waals surface area contributed by atoms with Crippen LogP contribution in [0.25, 0.3) is 0 Å². The topological polar surface area (TPSA) is 42.3 Å². The van der Waals surface area contributed by atoms with Crippen LogP contribution in [0.4, 0.5) is 15.8 Å². The number of rotatable bonds is 7. The van der Waals surface area contributed by atoms with E-state index >= 15 is 0 Å². The number of piperazine rings is 1. The van der Waals surface area contributed by atoms with Crippen molar-refractivity contribution >= 4 is 11.4 Å². The van der Waals surface area contributed by atoms with Gasteiger partial charge in [0.15, 0.2) is 0 Å². The van der Waals surface area contributed by atoms with E-state index in [-0.39, 0.29) is 12.7 Å². The fraction of sp³-hybridized carbons (Fsp3) is 0.269. The summed E-state index contributed by atoms with van der Waals surface area (Å²) in [5.74, 6) is 0. The summed E-state index contributed by atoms with van der Waals surface area (Å²) in [7, 11) is 0. The second-order valence-corrected chi connectivity index (χ2v) is 7.76. The number of anilines is 2. The molecule has 0 bridgehead atoms. The lowest BCUT2D eigenvalue weighted by molar-refractivity contribution is 0.235. The SMILES string of the molecule is N#Cc1ccc(N2CCN(CCF)CC2)cc1NC(c1ccccc1)c1ccccc1. The summed E-state index contributed by atoms with van der Waals surface area (Å²) in [6, 6.07) is 28.8. The predicted octanol–water partition coefficient (Wildman–Crippen LogP) is 4.85. The molecule has 1 N–H and O–H groups in total. The van der Waals surface area contributed by atoms with Gasteiger partial charge in [-0.3, -0.25) is 4.90 Å². The molecule has 1 heterocycles. The zero-order valence-electron chi connectivity index (χ0n) is 17.5. The Bertz CT molecular complexity index is 969. The lowest BCUT2D eigenvalue weighted by Gasteiger charge is -2.36. The van der Waals surface area contributed by atoms with Gasteiger partial charge in [0, 0.05) is 38.4 Å². The van der Waals surface area contributed by atoms with E-state index in [1.807, 2.05) is 48.5 Å². The Morgan fingerprint density at radius 2 is 1.48 bits per heavy atom. The van der Waals surface area contributed by atoms with Gasteiger partial charge in [-0.1, -0.05) is 60.7 Å². The second-order valence-electron chi connectivity index (χ2n) is 7.76. The van der Waals surface area contributed by atoms with Crippen LogP contribution in [0.1, 0.15) is 22.7 Å². The van der Waals surface area contributed by atoms with E-state index in [1.165, 1.54) is 0 Å². The largest absolute Gasteiger partial charge is 0.373 e. The van der Waals surface area contributed by atoms with Gasteiger partial charge in [-0.2, -0.15) is 5.26 Å². The van der Waals surface area contributed by atoms with Crippen molar-refractivity contribution in [1.82, 2.24) is 4.90 Å². The van der Waals surface area contributed by atoms with Crippen LogP contribution in [0.3, 0.4) is 0 Å². The third kappa shape index (κ3) is 5.04. The summed E-state index contributed by atoms with van der Waals surface area (Å²) in [6.07, 6.45) is 0. The van der Waals surface area contributed by atoms with E-state index < -0.39 is 0 Å². The Balaban J connectivity index is 1.61. The molecule has 0 unspecified atom stereocenters. The van der Waals surface area contributed by atoms with Gasteiger partial charge in [0.2, 0.25) is 0 Å². The Hall–Kier alpha value is -3.36. The minimum absolute atomic E-state index is 0.0637. The molecule has 0 atom stereocenters. The number of benzene rings is 3. The van der Waals surface area contributed by atoms with Crippen molar-refractivity contribution in [3.05, 3.63) is 95.6 Å². The number of nitrogens with zero attached hydrogens (tertiary/aromatic N) is 3. The highest BCUT2D eigenvalue weighted by atomic mass is 19.1. The number of nitriles is 1. The van der Waals surface area contributed by atoms with Crippen LogP contribution in [0.2, 0.25) is 0 Å². The van der Waals surface area contributed by atoms with E-state index in [1.54, 1.807) is 0 Å². The van der Waals surface area contributed by atoms with Crippen LogP contribution in [0.15, 0.2) is 78.9 Å². The molecule has 5 heteroatoms. The number of nitrogens with one attached hydrogen (secondary N) is 1. The predicted molar refractivity (Wildman–Crippen MR) is 124 cm³/mol. The summed E-state index contributed by atoms with van der Waals surface area (Å²) in [4.78, 5) is 4.46. The minimum atomic E-state index is -0.300. The number of hydrogen-bond donors (Lipinski definition) is 1. The van der Waals surface area contributed by atoms with Crippen molar-refractivity contribution in [3.63, 3.8) is 0 Å². The van der Waals surface area contributed by atoms with E-state index in [0.29, 0.717) is 12.1 Å². The molecule has 1 aliphatic heterocycles. The first-order valence-corrected chi connectivity index (χ1v) is 10.7. The van der Waals surface area contributed by atoms with Gasteiger partial charge in [0.1, 0.15) is 12.7 Å². The van der Waals surface area contributed by atoms with Gasteiger partial charge in [-0.25, -0.2) is 4.39 Å². The van der Waals surface area contributed by atoms with Crippen molar-refractivity contribution in [2.75, 3.05) is 49.6 Å². The molecule has 1 saturated heterocycles. The van der Waals surface area contributed by atoms with Crippen LogP contribution < -0.4 is 10.2 Å². The molecule has 0 aromatic heterocycles. The quantitative estimate of drug-likeness (QED) is 0.600. The van der Waals surface area contributed by atoms with Gasteiger partial charge < -0.3 is 10.2 Å². The van der Waals surface area contributed by atoms with Gasteiger partial charge in [0.25, 0.3) is 0 Å². The summed E-state index contributed by atoms with van der Waals surface area (Å²) in [5, 5.41) is 13.4. The molecule has 4 nitrogen and oxygen atoms in total. The van der Waals surface area contributed by atoms with Gasteiger partial charge in [0.05, 0.1) is 17.3 Å². The lowest BCUT2D eigenvalue weighted by Crippen LogP contribution is -2.47. The first-order chi connectivity index (χ1) is 15.3. The summed E-state index contributed by atoms with van der Waals surface area (Å²) in [6.45, 7) is 3.61. The number of halogens is 1. The van der Waals surface area contributed by atoms with E-state index in [9.17, 15) is 9.65 Å². The zero-order valence-corrected chi connectivity index (χ0v) is 17.5. The Morgan fingerprint density at radius 3 is 2.03 bits per heavy atom. The highest BCUT2D eigenvalue weighted by Crippen LogP contribution is 2.31. The lowest BCUT2D eigenvalue weighted by atomic mass is 9.98. The Labute approximate surface area is 183 Å². The van der Waals surface area contributed by atoms with E-state index in [4.69, 9.17) is 0 Å². The van der Waals surface area contributed by atoms with E-state index in [0.717, 1.165) is 48.7 Å². The van der Waals surface area contributed by atoms with Crippen molar-refractivity contribution < 1.29 is 4.39 Å². The second kappa shape index (κ2) is 10.1. The van der Waals surface area contributed by atoms with Crippen LogP contribution in [0.5, 0.6) is 0 Å². The fourth-order valence-electron chi connectivity index (χ4n) is 4.10. The normalized spacial score (nSPS) is 14.4. The standard InChI is InChI=1S/C26H27FN4/c27-13-14-30-15-17-31(18-16-30)24-12-11-23(20-28)25(19-24)29-26(21-7-3-1-4-8-21)22-9-5-2-6-10-22/h1-12,19,26,29H,13-18H2. The van der Waals surface area contributed by atoms with Gasteiger partial charge >= 0.3 is 0 Å². The zero-order chi connectivity index (χ0) is 21.5.